The Hall–Kier alpha value is -1.55. The Morgan fingerprint density at radius 2 is 1.95 bits per heavy atom. The third-order valence-corrected chi connectivity index (χ3v) is 4.23. The molecule has 4 nitrogen and oxygen atoms in total. The van der Waals surface area contributed by atoms with Crippen LogP contribution in [0.2, 0.25) is 0 Å². The Bertz CT molecular complexity index is 446. The first kappa shape index (κ1) is 12.5. The van der Waals surface area contributed by atoms with E-state index in [9.17, 15) is 9.90 Å². The second kappa shape index (κ2) is 4.85. The Labute approximate surface area is 112 Å². The molecule has 102 valence electrons. The number of carbonyl (C=O) groups is 1. The van der Waals surface area contributed by atoms with Crippen LogP contribution < -0.4 is 5.32 Å². The van der Waals surface area contributed by atoms with Gasteiger partial charge in [-0.25, -0.2) is 4.79 Å². The SMILES string of the molecule is O=C(NC1CC2(CC(O)C2)C1)OCc1ccccc1. The molecule has 2 saturated carbocycles. The van der Waals surface area contributed by atoms with Crippen molar-refractivity contribution < 1.29 is 14.6 Å². The summed E-state index contributed by atoms with van der Waals surface area (Å²) >= 11 is 0. The fourth-order valence-electron chi connectivity index (χ4n) is 3.29. The fraction of sp³-hybridized carbons (Fsp3) is 0.533. The van der Waals surface area contributed by atoms with Crippen LogP contribution in [0.3, 0.4) is 0 Å². The Balaban J connectivity index is 1.37. The summed E-state index contributed by atoms with van der Waals surface area (Å²) in [5.74, 6) is 0. The summed E-state index contributed by atoms with van der Waals surface area (Å²) in [4.78, 5) is 11.6. The minimum Gasteiger partial charge on any atom is -0.445 e. The van der Waals surface area contributed by atoms with Gasteiger partial charge < -0.3 is 15.2 Å². The lowest BCUT2D eigenvalue weighted by Crippen LogP contribution is -2.57. The van der Waals surface area contributed by atoms with E-state index in [0.717, 1.165) is 31.2 Å². The maximum atomic E-state index is 11.6. The van der Waals surface area contributed by atoms with Crippen LogP contribution in [-0.2, 0) is 11.3 Å². The number of aliphatic hydroxyl groups excluding tert-OH is 1. The predicted molar refractivity (Wildman–Crippen MR) is 70.5 cm³/mol. The predicted octanol–water partition coefficient (Wildman–Crippen LogP) is 2.22. The van der Waals surface area contributed by atoms with Crippen LogP contribution in [0, 0.1) is 5.41 Å². The average Bonchev–Trinajstić information content (AvgIpc) is 2.33. The van der Waals surface area contributed by atoms with Crippen LogP contribution >= 0.6 is 0 Å². The van der Waals surface area contributed by atoms with Crippen molar-refractivity contribution in [3.63, 3.8) is 0 Å². The first-order valence-corrected chi connectivity index (χ1v) is 6.81. The molecule has 2 fully saturated rings. The van der Waals surface area contributed by atoms with Crippen molar-refractivity contribution in [1.82, 2.24) is 5.32 Å². The number of ether oxygens (including phenoxy) is 1. The highest BCUT2D eigenvalue weighted by Crippen LogP contribution is 2.55. The number of amides is 1. The number of rotatable bonds is 3. The smallest absolute Gasteiger partial charge is 0.407 e. The quantitative estimate of drug-likeness (QED) is 0.877. The molecule has 4 heteroatoms. The molecule has 2 aliphatic rings. The molecule has 0 heterocycles. The van der Waals surface area contributed by atoms with Crippen molar-refractivity contribution in [3.8, 4) is 0 Å². The summed E-state index contributed by atoms with van der Waals surface area (Å²) < 4.78 is 5.18. The van der Waals surface area contributed by atoms with E-state index in [1.165, 1.54) is 0 Å². The molecule has 0 bridgehead atoms. The number of hydrogen-bond acceptors (Lipinski definition) is 3. The van der Waals surface area contributed by atoms with Gasteiger partial charge in [0.2, 0.25) is 0 Å². The summed E-state index contributed by atoms with van der Waals surface area (Å²) in [6, 6.07) is 9.87. The lowest BCUT2D eigenvalue weighted by Gasteiger charge is -2.56. The summed E-state index contributed by atoms with van der Waals surface area (Å²) in [7, 11) is 0. The lowest BCUT2D eigenvalue weighted by molar-refractivity contribution is -0.0958. The van der Waals surface area contributed by atoms with Gasteiger partial charge in [-0.05, 0) is 36.7 Å². The second-order valence-electron chi connectivity index (χ2n) is 5.87. The second-order valence-corrected chi connectivity index (χ2v) is 5.87. The van der Waals surface area contributed by atoms with Gasteiger partial charge in [-0.15, -0.1) is 0 Å². The van der Waals surface area contributed by atoms with Gasteiger partial charge in [0.15, 0.2) is 0 Å². The molecule has 0 aliphatic heterocycles. The topological polar surface area (TPSA) is 58.6 Å². The van der Waals surface area contributed by atoms with Crippen molar-refractivity contribution in [2.75, 3.05) is 0 Å². The zero-order valence-electron chi connectivity index (χ0n) is 10.8. The highest BCUT2D eigenvalue weighted by molar-refractivity contribution is 5.67. The molecule has 0 saturated heterocycles. The number of nitrogens with one attached hydrogen (secondary N) is 1. The summed E-state index contributed by atoms with van der Waals surface area (Å²) in [5.41, 5.74) is 1.31. The average molecular weight is 261 g/mol. The minimum absolute atomic E-state index is 0.119. The molecule has 1 spiro atoms. The highest BCUT2D eigenvalue weighted by Gasteiger charge is 2.52. The zero-order valence-corrected chi connectivity index (χ0v) is 10.8. The monoisotopic (exact) mass is 261 g/mol. The van der Waals surface area contributed by atoms with Crippen molar-refractivity contribution >= 4 is 6.09 Å². The molecular weight excluding hydrogens is 242 g/mol. The molecular formula is C15H19NO3. The molecule has 19 heavy (non-hydrogen) atoms. The molecule has 3 rings (SSSR count). The molecule has 1 aromatic carbocycles. The Morgan fingerprint density at radius 3 is 2.58 bits per heavy atom. The van der Waals surface area contributed by atoms with Crippen molar-refractivity contribution in [1.29, 1.82) is 0 Å². The van der Waals surface area contributed by atoms with Gasteiger partial charge >= 0.3 is 6.09 Å². The number of aliphatic hydroxyl groups is 1. The van der Waals surface area contributed by atoms with Crippen LogP contribution in [0.25, 0.3) is 0 Å². The summed E-state index contributed by atoms with van der Waals surface area (Å²) in [6.07, 6.45) is 3.28. The van der Waals surface area contributed by atoms with Gasteiger partial charge in [-0.2, -0.15) is 0 Å². The molecule has 1 amide bonds. The number of carbonyl (C=O) groups excluding carboxylic acids is 1. The normalized spacial score (nSPS) is 32.3. The van der Waals surface area contributed by atoms with E-state index in [1.54, 1.807) is 0 Å². The summed E-state index contributed by atoms with van der Waals surface area (Å²) in [5, 5.41) is 12.2. The highest BCUT2D eigenvalue weighted by atomic mass is 16.5. The van der Waals surface area contributed by atoms with E-state index in [0.29, 0.717) is 12.0 Å². The van der Waals surface area contributed by atoms with Crippen LogP contribution in [0.1, 0.15) is 31.2 Å². The first-order chi connectivity index (χ1) is 9.15. The van der Waals surface area contributed by atoms with E-state index in [2.05, 4.69) is 5.32 Å². The fourth-order valence-corrected chi connectivity index (χ4v) is 3.29. The molecule has 2 N–H and O–H groups in total. The third-order valence-electron chi connectivity index (χ3n) is 4.23. The van der Waals surface area contributed by atoms with E-state index in [-0.39, 0.29) is 18.2 Å². The molecule has 0 unspecified atom stereocenters. The van der Waals surface area contributed by atoms with E-state index in [4.69, 9.17) is 4.74 Å². The van der Waals surface area contributed by atoms with E-state index >= 15 is 0 Å². The molecule has 0 aromatic heterocycles. The molecule has 1 aromatic rings. The molecule has 0 atom stereocenters. The third kappa shape index (κ3) is 2.73. The first-order valence-electron chi connectivity index (χ1n) is 6.81. The Kier molecular flexibility index (Phi) is 3.19. The zero-order chi connectivity index (χ0) is 13.3. The van der Waals surface area contributed by atoms with Gasteiger partial charge in [0, 0.05) is 6.04 Å². The van der Waals surface area contributed by atoms with Gasteiger partial charge in [-0.1, -0.05) is 30.3 Å². The number of alkyl carbamates (subject to hydrolysis) is 1. The Morgan fingerprint density at radius 1 is 1.26 bits per heavy atom. The lowest BCUT2D eigenvalue weighted by atomic mass is 9.53. The van der Waals surface area contributed by atoms with Crippen molar-refractivity contribution in [2.45, 2.75) is 44.4 Å². The van der Waals surface area contributed by atoms with E-state index < -0.39 is 0 Å². The van der Waals surface area contributed by atoms with Gasteiger partial charge in [-0.3, -0.25) is 0 Å². The summed E-state index contributed by atoms with van der Waals surface area (Å²) in [6.45, 7) is 0.309. The standard InChI is InChI=1S/C15H19NO3/c17-13-8-15(9-13)6-12(7-15)16-14(18)19-10-11-4-2-1-3-5-11/h1-5,12-13,17H,6-10H2,(H,16,18). The van der Waals surface area contributed by atoms with Gasteiger partial charge in [0.1, 0.15) is 6.61 Å². The maximum absolute atomic E-state index is 11.6. The molecule has 2 aliphatic carbocycles. The largest absolute Gasteiger partial charge is 0.445 e. The van der Waals surface area contributed by atoms with Gasteiger partial charge in [0.25, 0.3) is 0 Å². The van der Waals surface area contributed by atoms with Gasteiger partial charge in [0.05, 0.1) is 6.10 Å². The minimum atomic E-state index is -0.344. The van der Waals surface area contributed by atoms with Crippen LogP contribution in [0.4, 0.5) is 4.79 Å². The maximum Gasteiger partial charge on any atom is 0.407 e. The van der Waals surface area contributed by atoms with Crippen molar-refractivity contribution in [3.05, 3.63) is 35.9 Å². The van der Waals surface area contributed by atoms with Crippen LogP contribution in [-0.4, -0.2) is 23.3 Å². The number of hydrogen-bond donors (Lipinski definition) is 2. The molecule has 0 radical (unpaired) electrons. The van der Waals surface area contributed by atoms with Crippen LogP contribution in [0.5, 0.6) is 0 Å². The van der Waals surface area contributed by atoms with Crippen LogP contribution in [0.15, 0.2) is 30.3 Å². The van der Waals surface area contributed by atoms with E-state index in [1.807, 2.05) is 30.3 Å². The van der Waals surface area contributed by atoms with Crippen molar-refractivity contribution in [2.24, 2.45) is 5.41 Å². The number of benzene rings is 1.